The first-order chi connectivity index (χ1) is 12.1. The molecule has 3 aromatic rings. The lowest BCUT2D eigenvalue weighted by molar-refractivity contribution is 0.0697. The van der Waals surface area contributed by atoms with E-state index in [-0.39, 0.29) is 16.3 Å². The third kappa shape index (κ3) is 2.12. The zero-order valence-electron chi connectivity index (χ0n) is 13.1. The van der Waals surface area contributed by atoms with Crippen molar-refractivity contribution in [1.82, 2.24) is 4.98 Å². The number of ketones is 1. The minimum atomic E-state index is -1.10. The minimum Gasteiger partial charge on any atom is -0.478 e. The number of aromatic carboxylic acids is 1. The molecule has 0 saturated carbocycles. The number of carbonyl (C=O) groups is 2. The maximum atomic E-state index is 13.5. The molecule has 25 heavy (non-hydrogen) atoms. The summed E-state index contributed by atoms with van der Waals surface area (Å²) in [5, 5.41) is 9.57. The lowest BCUT2D eigenvalue weighted by Crippen LogP contribution is -2.40. The maximum absolute atomic E-state index is 13.5. The van der Waals surface area contributed by atoms with Gasteiger partial charge >= 0.3 is 5.97 Å². The van der Waals surface area contributed by atoms with E-state index in [2.05, 4.69) is 4.98 Å². The third-order valence-corrected chi connectivity index (χ3v) is 5.77. The molecule has 0 spiro atoms. The van der Waals surface area contributed by atoms with E-state index in [4.69, 9.17) is 10.2 Å². The molecule has 0 fully saturated rings. The summed E-state index contributed by atoms with van der Waals surface area (Å²) in [7, 11) is 0. The molecule has 1 aliphatic carbocycles. The molecule has 1 unspecified atom stereocenters. The fourth-order valence-corrected chi connectivity index (χ4v) is 4.69. The maximum Gasteiger partial charge on any atom is 0.338 e. The Balaban J connectivity index is 1.96. The summed E-state index contributed by atoms with van der Waals surface area (Å²) < 4.78 is 5.53. The second-order valence-corrected chi connectivity index (χ2v) is 6.97. The number of nitrogen functional groups attached to an aromatic ring is 1. The van der Waals surface area contributed by atoms with Crippen molar-refractivity contribution in [2.24, 2.45) is 0 Å². The number of carbonyl (C=O) groups excluding carboxylic acids is 1. The topological polar surface area (TPSA) is 106 Å². The highest BCUT2D eigenvalue weighted by atomic mass is 32.1. The zero-order valence-corrected chi connectivity index (χ0v) is 13.9. The molecule has 0 saturated heterocycles. The molecule has 1 aromatic carbocycles. The average molecular weight is 354 g/mol. The van der Waals surface area contributed by atoms with Gasteiger partial charge in [-0.05, 0) is 24.0 Å². The number of rotatable bonds is 3. The highest BCUT2D eigenvalue weighted by Crippen LogP contribution is 2.47. The smallest absolute Gasteiger partial charge is 0.338 e. The molecular weight excluding hydrogens is 340 g/mol. The summed E-state index contributed by atoms with van der Waals surface area (Å²) in [6, 6.07) is 9.35. The van der Waals surface area contributed by atoms with Crippen molar-refractivity contribution in [3.63, 3.8) is 0 Å². The van der Waals surface area contributed by atoms with E-state index >= 15 is 0 Å². The molecule has 1 atom stereocenters. The van der Waals surface area contributed by atoms with Crippen molar-refractivity contribution in [2.45, 2.75) is 18.3 Å². The predicted octanol–water partition coefficient (Wildman–Crippen LogP) is 3.13. The molecule has 2 heterocycles. The van der Waals surface area contributed by atoms with Gasteiger partial charge in [-0.25, -0.2) is 9.78 Å². The number of aromatic nitrogens is 1. The van der Waals surface area contributed by atoms with E-state index in [0.717, 1.165) is 16.9 Å². The summed E-state index contributed by atoms with van der Waals surface area (Å²) in [6.45, 7) is 0. The molecule has 0 amide bonds. The number of carboxylic acids is 1. The van der Waals surface area contributed by atoms with Crippen LogP contribution in [0.25, 0.3) is 0 Å². The van der Waals surface area contributed by atoms with Crippen LogP contribution < -0.4 is 5.73 Å². The molecule has 4 rings (SSSR count). The van der Waals surface area contributed by atoms with Crippen molar-refractivity contribution < 1.29 is 19.1 Å². The highest BCUT2D eigenvalue weighted by molar-refractivity contribution is 7.18. The van der Waals surface area contributed by atoms with Gasteiger partial charge < -0.3 is 15.3 Å². The Morgan fingerprint density at radius 3 is 2.72 bits per heavy atom. The van der Waals surface area contributed by atoms with Crippen LogP contribution in [0.2, 0.25) is 0 Å². The molecule has 7 heteroatoms. The Morgan fingerprint density at radius 1 is 1.32 bits per heavy atom. The number of fused-ring (bicyclic) bond motifs is 1. The largest absolute Gasteiger partial charge is 0.478 e. The van der Waals surface area contributed by atoms with E-state index in [1.165, 1.54) is 6.39 Å². The Kier molecular flexibility index (Phi) is 3.47. The van der Waals surface area contributed by atoms with Crippen LogP contribution in [0.1, 0.15) is 43.3 Å². The second kappa shape index (κ2) is 5.56. The van der Waals surface area contributed by atoms with Crippen LogP contribution in [0.3, 0.4) is 0 Å². The van der Waals surface area contributed by atoms with Gasteiger partial charge in [0.2, 0.25) is 0 Å². The van der Waals surface area contributed by atoms with Crippen LogP contribution in [-0.4, -0.2) is 21.8 Å². The molecule has 3 N–H and O–H groups in total. The molecule has 0 bridgehead atoms. The molecule has 0 aliphatic heterocycles. The Hall–Kier alpha value is -2.93. The first kappa shape index (κ1) is 15.6. The van der Waals surface area contributed by atoms with Gasteiger partial charge in [0.05, 0.1) is 16.6 Å². The molecule has 2 aromatic heterocycles. The van der Waals surface area contributed by atoms with Gasteiger partial charge in [-0.2, -0.15) is 0 Å². The quantitative estimate of drug-likeness (QED) is 0.748. The third-order valence-electron chi connectivity index (χ3n) is 4.71. The van der Waals surface area contributed by atoms with E-state index in [0.29, 0.717) is 29.0 Å². The van der Waals surface area contributed by atoms with Gasteiger partial charge in [0.1, 0.15) is 16.2 Å². The number of anilines is 1. The number of hydrogen-bond acceptors (Lipinski definition) is 6. The van der Waals surface area contributed by atoms with Crippen LogP contribution >= 0.6 is 11.3 Å². The monoisotopic (exact) mass is 354 g/mol. The van der Waals surface area contributed by atoms with Crippen molar-refractivity contribution in [2.75, 3.05) is 5.73 Å². The summed E-state index contributed by atoms with van der Waals surface area (Å²) in [4.78, 5) is 29.4. The lowest BCUT2D eigenvalue weighted by Gasteiger charge is -2.34. The van der Waals surface area contributed by atoms with Gasteiger partial charge in [-0.3, -0.25) is 4.79 Å². The van der Waals surface area contributed by atoms with Gasteiger partial charge in [0.15, 0.2) is 12.2 Å². The normalized spacial score (nSPS) is 19.6. The highest BCUT2D eigenvalue weighted by Gasteiger charge is 2.50. The molecule has 126 valence electrons. The molecule has 6 nitrogen and oxygen atoms in total. The number of nitrogens with two attached hydrogens (primary N) is 1. The Bertz CT molecular complexity index is 963. The van der Waals surface area contributed by atoms with Gasteiger partial charge in [0, 0.05) is 0 Å². The fourth-order valence-electron chi connectivity index (χ4n) is 3.56. The Labute approximate surface area is 146 Å². The fraction of sp³-hybridized carbons (Fsp3) is 0.167. The van der Waals surface area contributed by atoms with Crippen LogP contribution in [0, 0.1) is 0 Å². The van der Waals surface area contributed by atoms with Crippen LogP contribution in [0.4, 0.5) is 5.00 Å². The number of oxazole rings is 1. The van der Waals surface area contributed by atoms with E-state index in [1.807, 2.05) is 30.3 Å². The van der Waals surface area contributed by atoms with Gasteiger partial charge in [-0.1, -0.05) is 30.3 Å². The van der Waals surface area contributed by atoms with Crippen LogP contribution in [0.5, 0.6) is 0 Å². The van der Waals surface area contributed by atoms with Crippen LogP contribution in [0.15, 0.2) is 47.3 Å². The number of thiophene rings is 1. The van der Waals surface area contributed by atoms with Crippen LogP contribution in [-0.2, 0) is 11.8 Å². The first-order valence-corrected chi connectivity index (χ1v) is 8.51. The number of benzene rings is 1. The van der Waals surface area contributed by atoms with E-state index in [1.54, 1.807) is 6.20 Å². The predicted molar refractivity (Wildman–Crippen MR) is 92.1 cm³/mol. The minimum absolute atomic E-state index is 0.0487. The first-order valence-electron chi connectivity index (χ1n) is 7.69. The number of carboxylic acid groups (broad SMARTS) is 1. The van der Waals surface area contributed by atoms with Gasteiger partial charge in [0.25, 0.3) is 0 Å². The SMILES string of the molecule is Nc1sc2c(c1C(=O)O)CCC(c1ccccc1)(c1cnco1)C2=O. The van der Waals surface area contributed by atoms with E-state index < -0.39 is 11.4 Å². The molecular formula is C18H14N2O4S. The van der Waals surface area contributed by atoms with Crippen molar-refractivity contribution in [1.29, 1.82) is 0 Å². The molecule has 0 radical (unpaired) electrons. The standard InChI is InChI=1S/C18H14N2O4S/c19-16-13(17(22)23)11-6-7-18(12-8-20-9-24-12,15(21)14(11)25-16)10-4-2-1-3-5-10/h1-5,8-9H,6-7,19H2,(H,22,23). The number of hydrogen-bond donors (Lipinski definition) is 2. The van der Waals surface area contributed by atoms with E-state index in [9.17, 15) is 14.7 Å². The average Bonchev–Trinajstić information content (AvgIpc) is 3.24. The van der Waals surface area contributed by atoms with Crippen molar-refractivity contribution >= 4 is 28.1 Å². The Morgan fingerprint density at radius 2 is 2.08 bits per heavy atom. The second-order valence-electron chi connectivity index (χ2n) is 5.92. The summed E-state index contributed by atoms with van der Waals surface area (Å²) in [5.41, 5.74) is 6.23. The summed E-state index contributed by atoms with van der Waals surface area (Å²) in [6.07, 6.45) is 3.67. The summed E-state index contributed by atoms with van der Waals surface area (Å²) >= 11 is 1.03. The zero-order chi connectivity index (χ0) is 17.6. The number of nitrogens with zero attached hydrogens (tertiary/aromatic N) is 1. The molecule has 1 aliphatic rings. The van der Waals surface area contributed by atoms with Gasteiger partial charge in [-0.15, -0.1) is 11.3 Å². The number of Topliss-reactive ketones (excluding diaryl/α,β-unsaturated/α-hetero) is 1. The summed E-state index contributed by atoms with van der Waals surface area (Å²) in [5.74, 6) is -0.839. The van der Waals surface area contributed by atoms with Crippen molar-refractivity contribution in [3.8, 4) is 0 Å². The van der Waals surface area contributed by atoms with Crippen molar-refractivity contribution in [3.05, 3.63) is 70.3 Å². The lowest BCUT2D eigenvalue weighted by atomic mass is 9.67.